The smallest absolute Gasteiger partial charge is 0.294 e. The van der Waals surface area contributed by atoms with Crippen LogP contribution in [-0.2, 0) is 11.3 Å². The number of carbonyl (C=O) groups is 2. The molecule has 0 saturated heterocycles. The predicted octanol–water partition coefficient (Wildman–Crippen LogP) is 5.10. The van der Waals surface area contributed by atoms with Crippen molar-refractivity contribution in [1.29, 1.82) is 0 Å². The minimum atomic E-state index is -0.202. The first-order valence-electron chi connectivity index (χ1n) is 10.7. The second-order valence-electron chi connectivity index (χ2n) is 8.21. The Morgan fingerprint density at radius 3 is 2.50 bits per heavy atom. The quantitative estimate of drug-likeness (QED) is 0.578. The molecule has 1 N–H and O–H groups in total. The van der Waals surface area contributed by atoms with Crippen LogP contribution in [0.5, 0.6) is 5.75 Å². The molecule has 0 radical (unpaired) electrons. The summed E-state index contributed by atoms with van der Waals surface area (Å²) in [5.41, 5.74) is 4.30. The van der Waals surface area contributed by atoms with Gasteiger partial charge in [0.2, 0.25) is 0 Å². The van der Waals surface area contributed by atoms with Crippen molar-refractivity contribution < 1.29 is 14.3 Å². The first-order valence-corrected chi connectivity index (χ1v) is 10.7. The number of benzene rings is 3. The summed E-state index contributed by atoms with van der Waals surface area (Å²) in [6.07, 6.45) is 1.71. The lowest BCUT2D eigenvalue weighted by Gasteiger charge is -2.30. The first kappa shape index (κ1) is 21.4. The Morgan fingerprint density at radius 1 is 1.03 bits per heavy atom. The number of anilines is 1. The van der Waals surface area contributed by atoms with Crippen LogP contribution in [0, 0.1) is 6.92 Å². The molecule has 5 heteroatoms. The predicted molar refractivity (Wildman–Crippen MR) is 126 cm³/mol. The van der Waals surface area contributed by atoms with Crippen LogP contribution in [0.1, 0.15) is 40.9 Å². The Bertz CT molecular complexity index is 1180. The van der Waals surface area contributed by atoms with Crippen LogP contribution in [0.3, 0.4) is 0 Å². The molecular formula is C27H26N2O3. The maximum atomic E-state index is 13.3. The summed E-state index contributed by atoms with van der Waals surface area (Å²) in [6, 6.07) is 22.8. The summed E-state index contributed by atoms with van der Waals surface area (Å²) in [5.74, 6) is 0.559. The zero-order valence-electron chi connectivity index (χ0n) is 18.5. The fourth-order valence-electron chi connectivity index (χ4n) is 3.64. The van der Waals surface area contributed by atoms with Gasteiger partial charge in [-0.15, -0.1) is 0 Å². The molecule has 0 aromatic heterocycles. The van der Waals surface area contributed by atoms with Gasteiger partial charge in [0.25, 0.3) is 11.8 Å². The molecule has 0 atom stereocenters. The van der Waals surface area contributed by atoms with E-state index in [2.05, 4.69) is 11.4 Å². The van der Waals surface area contributed by atoms with Gasteiger partial charge in [-0.1, -0.05) is 54.1 Å². The lowest BCUT2D eigenvalue weighted by atomic mass is 10.1. The van der Waals surface area contributed by atoms with Crippen molar-refractivity contribution in [2.24, 2.45) is 0 Å². The molecule has 0 spiro atoms. The van der Waals surface area contributed by atoms with E-state index in [1.54, 1.807) is 23.1 Å². The number of para-hydroxylation sites is 2. The molecule has 0 aliphatic carbocycles. The third kappa shape index (κ3) is 4.72. The molecule has 1 heterocycles. The van der Waals surface area contributed by atoms with Gasteiger partial charge in [-0.2, -0.15) is 0 Å². The van der Waals surface area contributed by atoms with E-state index in [4.69, 9.17) is 4.74 Å². The Kier molecular flexibility index (Phi) is 6.08. The van der Waals surface area contributed by atoms with Crippen molar-refractivity contribution in [1.82, 2.24) is 5.32 Å². The Hall–Kier alpha value is -3.86. The van der Waals surface area contributed by atoms with Crippen LogP contribution in [-0.4, -0.2) is 17.9 Å². The zero-order chi connectivity index (χ0) is 22.7. The van der Waals surface area contributed by atoms with Crippen molar-refractivity contribution in [3.63, 3.8) is 0 Å². The van der Waals surface area contributed by atoms with Crippen molar-refractivity contribution in [2.75, 3.05) is 4.90 Å². The first-order chi connectivity index (χ1) is 15.4. The van der Waals surface area contributed by atoms with E-state index in [0.717, 1.165) is 22.4 Å². The third-order valence-corrected chi connectivity index (χ3v) is 5.15. The minimum Gasteiger partial charge on any atom is -0.449 e. The fourth-order valence-corrected chi connectivity index (χ4v) is 3.64. The molecule has 1 aliphatic heterocycles. The van der Waals surface area contributed by atoms with Crippen molar-refractivity contribution >= 4 is 23.6 Å². The van der Waals surface area contributed by atoms with Crippen LogP contribution in [0.2, 0.25) is 0 Å². The zero-order valence-corrected chi connectivity index (χ0v) is 18.5. The highest BCUT2D eigenvalue weighted by Crippen LogP contribution is 2.36. The maximum Gasteiger partial charge on any atom is 0.294 e. The third-order valence-electron chi connectivity index (χ3n) is 5.15. The summed E-state index contributed by atoms with van der Waals surface area (Å²) >= 11 is 0. The summed E-state index contributed by atoms with van der Waals surface area (Å²) in [6.45, 7) is 6.33. The van der Waals surface area contributed by atoms with Crippen molar-refractivity contribution in [2.45, 2.75) is 33.4 Å². The van der Waals surface area contributed by atoms with Gasteiger partial charge in [0.15, 0.2) is 11.5 Å². The second-order valence-corrected chi connectivity index (χ2v) is 8.21. The van der Waals surface area contributed by atoms with Gasteiger partial charge in [0.1, 0.15) is 0 Å². The largest absolute Gasteiger partial charge is 0.449 e. The fraction of sp³-hybridized carbons (Fsp3) is 0.185. The standard InChI is InChI=1S/C27H26N2O3/c1-18(2)28-26(30)22-13-11-20(12-14-22)16-25-27(31)29(17-21-8-6-7-19(3)15-21)23-9-4-5-10-24(23)32-25/h4-16,18H,17H2,1-3H3,(H,28,30)/b25-16+. The molecule has 0 bridgehead atoms. The lowest BCUT2D eigenvalue weighted by Crippen LogP contribution is -2.36. The normalized spacial score (nSPS) is 14.3. The van der Waals surface area contributed by atoms with Crippen LogP contribution < -0.4 is 15.0 Å². The van der Waals surface area contributed by atoms with Gasteiger partial charge in [-0.05, 0) is 62.2 Å². The number of fused-ring (bicyclic) bond motifs is 1. The van der Waals surface area contributed by atoms with Crippen LogP contribution >= 0.6 is 0 Å². The summed E-state index contributed by atoms with van der Waals surface area (Å²) in [4.78, 5) is 27.3. The Labute approximate surface area is 188 Å². The van der Waals surface area contributed by atoms with E-state index in [1.165, 1.54) is 0 Å². The number of hydrogen-bond donors (Lipinski definition) is 1. The summed E-state index contributed by atoms with van der Waals surface area (Å²) in [7, 11) is 0. The number of hydrogen-bond acceptors (Lipinski definition) is 3. The minimum absolute atomic E-state index is 0.0667. The van der Waals surface area contributed by atoms with E-state index in [9.17, 15) is 9.59 Å². The molecule has 3 aromatic rings. The highest BCUT2D eigenvalue weighted by molar-refractivity contribution is 6.09. The van der Waals surface area contributed by atoms with Crippen molar-refractivity contribution in [3.05, 3.63) is 101 Å². The second kappa shape index (κ2) is 9.10. The lowest BCUT2D eigenvalue weighted by molar-refractivity contribution is -0.117. The molecule has 5 nitrogen and oxygen atoms in total. The average molecular weight is 427 g/mol. The monoisotopic (exact) mass is 426 g/mol. The van der Waals surface area contributed by atoms with Gasteiger partial charge >= 0.3 is 0 Å². The molecule has 3 aromatic carbocycles. The van der Waals surface area contributed by atoms with Gasteiger partial charge in [0.05, 0.1) is 12.2 Å². The molecule has 0 fully saturated rings. The van der Waals surface area contributed by atoms with Gasteiger partial charge < -0.3 is 10.1 Å². The Morgan fingerprint density at radius 2 is 1.78 bits per heavy atom. The molecule has 0 saturated carbocycles. The van der Waals surface area contributed by atoms with E-state index in [-0.39, 0.29) is 23.6 Å². The SMILES string of the molecule is Cc1cccc(CN2C(=O)/C(=C\c3ccc(C(=O)NC(C)C)cc3)Oc3ccccc32)c1. The number of carbonyl (C=O) groups excluding carboxylic acids is 2. The molecule has 2 amide bonds. The van der Waals surface area contributed by atoms with Crippen LogP contribution in [0.4, 0.5) is 5.69 Å². The number of nitrogens with one attached hydrogen (secondary N) is 1. The van der Waals surface area contributed by atoms with Gasteiger partial charge in [-0.25, -0.2) is 0 Å². The van der Waals surface area contributed by atoms with Gasteiger partial charge in [0, 0.05) is 11.6 Å². The van der Waals surface area contributed by atoms with E-state index < -0.39 is 0 Å². The maximum absolute atomic E-state index is 13.3. The van der Waals surface area contributed by atoms with Crippen LogP contribution in [0.25, 0.3) is 6.08 Å². The highest BCUT2D eigenvalue weighted by atomic mass is 16.5. The van der Waals surface area contributed by atoms with E-state index in [0.29, 0.717) is 17.9 Å². The molecule has 4 rings (SSSR count). The summed E-state index contributed by atoms with van der Waals surface area (Å²) in [5, 5.41) is 2.87. The molecule has 0 unspecified atom stereocenters. The van der Waals surface area contributed by atoms with E-state index >= 15 is 0 Å². The van der Waals surface area contributed by atoms with Crippen molar-refractivity contribution in [3.8, 4) is 5.75 Å². The molecule has 1 aliphatic rings. The number of nitrogens with zero attached hydrogens (tertiary/aromatic N) is 1. The molecule has 32 heavy (non-hydrogen) atoms. The van der Waals surface area contributed by atoms with Crippen LogP contribution in [0.15, 0.2) is 78.6 Å². The number of ether oxygens (including phenoxy) is 1. The summed E-state index contributed by atoms with van der Waals surface area (Å²) < 4.78 is 5.96. The number of rotatable bonds is 5. The molecule has 162 valence electrons. The topological polar surface area (TPSA) is 58.6 Å². The number of aryl methyl sites for hydroxylation is 1. The number of amides is 2. The molecular weight excluding hydrogens is 400 g/mol. The highest BCUT2D eigenvalue weighted by Gasteiger charge is 2.30. The Balaban J connectivity index is 1.63. The van der Waals surface area contributed by atoms with Gasteiger partial charge in [-0.3, -0.25) is 14.5 Å². The van der Waals surface area contributed by atoms with E-state index in [1.807, 2.05) is 75.4 Å². The average Bonchev–Trinajstić information content (AvgIpc) is 2.76.